The molecule has 1 N–H and O–H groups in total. The molecule has 0 spiro atoms. The van der Waals surface area contributed by atoms with Crippen molar-refractivity contribution in [2.24, 2.45) is 0 Å². The molecule has 1 fully saturated rings. The van der Waals surface area contributed by atoms with Gasteiger partial charge in [-0.05, 0) is 56.0 Å². The summed E-state index contributed by atoms with van der Waals surface area (Å²) in [7, 11) is -3.52. The molecule has 196 valence electrons. The van der Waals surface area contributed by atoms with Crippen LogP contribution in [0.2, 0.25) is 0 Å². The van der Waals surface area contributed by atoms with Gasteiger partial charge in [0.2, 0.25) is 15.9 Å². The summed E-state index contributed by atoms with van der Waals surface area (Å²) >= 11 is 1.29. The van der Waals surface area contributed by atoms with Crippen LogP contribution in [0.3, 0.4) is 0 Å². The number of aromatic nitrogens is 3. The van der Waals surface area contributed by atoms with Gasteiger partial charge >= 0.3 is 0 Å². The molecule has 1 aliphatic heterocycles. The highest BCUT2D eigenvalue weighted by molar-refractivity contribution is 7.99. The van der Waals surface area contributed by atoms with E-state index in [4.69, 9.17) is 0 Å². The number of aryl methyl sites for hydroxylation is 2. The number of sulfonamides is 1. The molecule has 4 rings (SSSR count). The van der Waals surface area contributed by atoms with Gasteiger partial charge in [-0.25, -0.2) is 8.42 Å². The maximum absolute atomic E-state index is 12.9. The monoisotopic (exact) mass is 541 g/mol. The van der Waals surface area contributed by atoms with Crippen molar-refractivity contribution in [1.82, 2.24) is 24.4 Å². The van der Waals surface area contributed by atoms with Gasteiger partial charge in [-0.1, -0.05) is 36.0 Å². The van der Waals surface area contributed by atoms with Crippen LogP contribution in [0.4, 0.5) is 0 Å². The third-order valence-corrected chi connectivity index (χ3v) is 8.96. The molecule has 0 unspecified atom stereocenters. The fraction of sp³-hybridized carbons (Fsp3) is 0.385. The van der Waals surface area contributed by atoms with Crippen molar-refractivity contribution in [1.29, 1.82) is 0 Å². The zero-order chi connectivity index (χ0) is 26.4. The predicted octanol–water partition coefficient (Wildman–Crippen LogP) is 3.40. The normalized spacial score (nSPS) is 14.1. The second kappa shape index (κ2) is 12.0. The first-order valence-corrected chi connectivity index (χ1v) is 14.7. The van der Waals surface area contributed by atoms with Crippen molar-refractivity contribution >= 4 is 33.5 Å². The predicted molar refractivity (Wildman–Crippen MR) is 143 cm³/mol. The summed E-state index contributed by atoms with van der Waals surface area (Å²) in [6, 6.07) is 14.1. The van der Waals surface area contributed by atoms with Crippen molar-refractivity contribution in [2.75, 3.05) is 25.4 Å². The van der Waals surface area contributed by atoms with Gasteiger partial charge < -0.3 is 5.32 Å². The van der Waals surface area contributed by atoms with E-state index in [1.807, 2.05) is 35.8 Å². The SMILES string of the molecule is CC(=O)NCCCc1nnc(SCC(=O)c2ccc(S(=O)(=O)N3CCCC3)cc2)n1-c1cccc(C)c1. The molecule has 9 nitrogen and oxygen atoms in total. The summed E-state index contributed by atoms with van der Waals surface area (Å²) in [4.78, 5) is 24.3. The minimum Gasteiger partial charge on any atom is -0.356 e. The molecular formula is C26H31N5O4S2. The average Bonchev–Trinajstić information content (AvgIpc) is 3.56. The second-order valence-corrected chi connectivity index (χ2v) is 11.9. The van der Waals surface area contributed by atoms with Gasteiger partial charge in [-0.3, -0.25) is 14.2 Å². The molecule has 2 heterocycles. The first kappa shape index (κ1) is 27.0. The molecule has 37 heavy (non-hydrogen) atoms. The van der Waals surface area contributed by atoms with Gasteiger partial charge in [0.05, 0.1) is 10.6 Å². The Labute approximate surface area is 221 Å². The number of carbonyl (C=O) groups is 2. The molecule has 0 saturated carbocycles. The molecule has 1 saturated heterocycles. The Hall–Kier alpha value is -3.02. The topological polar surface area (TPSA) is 114 Å². The third kappa shape index (κ3) is 6.65. The average molecular weight is 542 g/mol. The van der Waals surface area contributed by atoms with Crippen LogP contribution in [0.15, 0.2) is 58.6 Å². The van der Waals surface area contributed by atoms with Gasteiger partial charge in [0.1, 0.15) is 5.82 Å². The van der Waals surface area contributed by atoms with Crippen LogP contribution in [-0.4, -0.2) is 64.6 Å². The smallest absolute Gasteiger partial charge is 0.243 e. The summed E-state index contributed by atoms with van der Waals surface area (Å²) in [5, 5.41) is 12.1. The largest absolute Gasteiger partial charge is 0.356 e. The number of Topliss-reactive ketones (excluding diaryl/α,β-unsaturated/α-hetero) is 1. The van der Waals surface area contributed by atoms with E-state index in [-0.39, 0.29) is 22.3 Å². The number of carbonyl (C=O) groups excluding carboxylic acids is 2. The van der Waals surface area contributed by atoms with Gasteiger partial charge in [-0.15, -0.1) is 10.2 Å². The Morgan fingerprint density at radius 1 is 1.05 bits per heavy atom. The Morgan fingerprint density at radius 2 is 1.78 bits per heavy atom. The Bertz CT molecular complexity index is 1360. The van der Waals surface area contributed by atoms with Crippen molar-refractivity contribution in [2.45, 2.75) is 49.6 Å². The molecule has 2 aromatic carbocycles. The number of amides is 1. The van der Waals surface area contributed by atoms with Gasteiger partial charge in [0.15, 0.2) is 10.9 Å². The Balaban J connectivity index is 1.47. The lowest BCUT2D eigenvalue weighted by Gasteiger charge is -2.15. The van der Waals surface area contributed by atoms with E-state index in [9.17, 15) is 18.0 Å². The lowest BCUT2D eigenvalue weighted by molar-refractivity contribution is -0.118. The molecule has 3 aromatic rings. The third-order valence-electron chi connectivity index (χ3n) is 6.12. The van der Waals surface area contributed by atoms with Crippen LogP contribution in [0.25, 0.3) is 5.69 Å². The summed E-state index contributed by atoms with van der Waals surface area (Å²) in [6.45, 7) is 5.11. The lowest BCUT2D eigenvalue weighted by Crippen LogP contribution is -2.27. The molecule has 1 amide bonds. The molecular weight excluding hydrogens is 510 g/mol. The summed E-state index contributed by atoms with van der Waals surface area (Å²) in [6.07, 6.45) is 3.07. The lowest BCUT2D eigenvalue weighted by atomic mass is 10.1. The minimum absolute atomic E-state index is 0.0726. The van der Waals surface area contributed by atoms with Crippen LogP contribution in [0, 0.1) is 6.92 Å². The van der Waals surface area contributed by atoms with E-state index in [1.54, 1.807) is 12.1 Å². The Morgan fingerprint density at radius 3 is 2.46 bits per heavy atom. The van der Waals surface area contributed by atoms with E-state index >= 15 is 0 Å². The maximum Gasteiger partial charge on any atom is 0.243 e. The van der Waals surface area contributed by atoms with Crippen LogP contribution in [-0.2, 0) is 21.2 Å². The first-order chi connectivity index (χ1) is 17.8. The van der Waals surface area contributed by atoms with Crippen molar-refractivity contribution in [3.05, 3.63) is 65.5 Å². The Kier molecular flexibility index (Phi) is 8.78. The maximum atomic E-state index is 12.9. The standard InChI is InChI=1S/C26H31N5O4S2/c1-19-7-5-8-22(17-19)31-25(9-6-14-27-20(2)32)28-29-26(31)36-18-24(33)21-10-12-23(13-11-21)37(34,35)30-15-3-4-16-30/h5,7-8,10-13,17H,3-4,6,9,14-16,18H2,1-2H3,(H,27,32). The van der Waals surface area contributed by atoms with Crippen molar-refractivity contribution in [3.63, 3.8) is 0 Å². The zero-order valence-electron chi connectivity index (χ0n) is 21.0. The number of rotatable bonds is 11. The molecule has 1 aromatic heterocycles. The summed E-state index contributed by atoms with van der Waals surface area (Å²) < 4.78 is 28.9. The number of benzene rings is 2. The number of ketones is 1. The van der Waals surface area contributed by atoms with Crippen LogP contribution < -0.4 is 5.32 Å². The summed E-state index contributed by atoms with van der Waals surface area (Å²) in [5.74, 6) is 0.689. The molecule has 1 aliphatic rings. The van der Waals surface area contributed by atoms with Crippen molar-refractivity contribution < 1.29 is 18.0 Å². The minimum atomic E-state index is -3.52. The van der Waals surface area contributed by atoms with E-state index in [0.29, 0.717) is 43.2 Å². The quantitative estimate of drug-likeness (QED) is 0.225. The highest BCUT2D eigenvalue weighted by Crippen LogP contribution is 2.25. The molecule has 0 radical (unpaired) electrons. The van der Waals surface area contributed by atoms with Gasteiger partial charge in [0, 0.05) is 44.2 Å². The van der Waals surface area contributed by atoms with Crippen LogP contribution in [0.5, 0.6) is 0 Å². The highest BCUT2D eigenvalue weighted by atomic mass is 32.2. The number of hydrogen-bond acceptors (Lipinski definition) is 7. The molecule has 0 bridgehead atoms. The van der Waals surface area contributed by atoms with Gasteiger partial charge in [0.25, 0.3) is 0 Å². The first-order valence-electron chi connectivity index (χ1n) is 12.3. The second-order valence-electron chi connectivity index (χ2n) is 9.01. The van der Waals surface area contributed by atoms with E-state index in [0.717, 1.165) is 29.9 Å². The van der Waals surface area contributed by atoms with Crippen LogP contribution in [0.1, 0.15) is 47.9 Å². The number of nitrogens with one attached hydrogen (secondary N) is 1. The van der Waals surface area contributed by atoms with Gasteiger partial charge in [-0.2, -0.15) is 4.31 Å². The van der Waals surface area contributed by atoms with E-state index < -0.39 is 10.0 Å². The summed E-state index contributed by atoms with van der Waals surface area (Å²) in [5.41, 5.74) is 2.45. The fourth-order valence-electron chi connectivity index (χ4n) is 4.20. The molecule has 11 heteroatoms. The molecule has 0 aliphatic carbocycles. The van der Waals surface area contributed by atoms with E-state index in [1.165, 1.54) is 35.1 Å². The fourth-order valence-corrected chi connectivity index (χ4v) is 6.58. The van der Waals surface area contributed by atoms with E-state index in [2.05, 4.69) is 15.5 Å². The number of thioether (sulfide) groups is 1. The zero-order valence-corrected chi connectivity index (χ0v) is 22.6. The highest BCUT2D eigenvalue weighted by Gasteiger charge is 2.27. The number of hydrogen-bond donors (Lipinski definition) is 1. The van der Waals surface area contributed by atoms with Crippen molar-refractivity contribution in [3.8, 4) is 5.69 Å². The molecule has 0 atom stereocenters. The number of nitrogens with zero attached hydrogens (tertiary/aromatic N) is 4. The van der Waals surface area contributed by atoms with Crippen LogP contribution >= 0.6 is 11.8 Å².